The molecule has 0 aliphatic carbocycles. The SMILES string of the molecule is CC(C)(C)OC(=O)N1CCN(S(=O)(=O)Nc2ccccc2)CC1. The van der Waals surface area contributed by atoms with Crippen molar-refractivity contribution in [2.75, 3.05) is 30.9 Å². The predicted octanol–water partition coefficient (Wildman–Crippen LogP) is 1.90. The van der Waals surface area contributed by atoms with E-state index in [9.17, 15) is 13.2 Å². The van der Waals surface area contributed by atoms with Gasteiger partial charge in [-0.2, -0.15) is 12.7 Å². The molecule has 1 amide bonds. The van der Waals surface area contributed by atoms with Crippen molar-refractivity contribution in [3.63, 3.8) is 0 Å². The summed E-state index contributed by atoms with van der Waals surface area (Å²) in [5.74, 6) is 0. The molecular weight excluding hydrogens is 318 g/mol. The van der Waals surface area contributed by atoms with Gasteiger partial charge in [-0.1, -0.05) is 18.2 Å². The Morgan fingerprint density at radius 3 is 2.17 bits per heavy atom. The molecule has 0 spiro atoms. The summed E-state index contributed by atoms with van der Waals surface area (Å²) < 4.78 is 33.8. The van der Waals surface area contributed by atoms with Gasteiger partial charge in [0.15, 0.2) is 0 Å². The number of piperazine rings is 1. The third-order valence-electron chi connectivity index (χ3n) is 3.25. The van der Waals surface area contributed by atoms with E-state index < -0.39 is 21.9 Å². The number of rotatable bonds is 3. The van der Waals surface area contributed by atoms with Crippen LogP contribution in [0.1, 0.15) is 20.8 Å². The Balaban J connectivity index is 1.92. The molecule has 0 saturated carbocycles. The summed E-state index contributed by atoms with van der Waals surface area (Å²) in [4.78, 5) is 13.5. The van der Waals surface area contributed by atoms with Gasteiger partial charge in [0.25, 0.3) is 0 Å². The number of para-hydroxylation sites is 1. The molecule has 1 aromatic rings. The fourth-order valence-corrected chi connectivity index (χ4v) is 3.36. The van der Waals surface area contributed by atoms with Crippen LogP contribution >= 0.6 is 0 Å². The molecule has 1 aromatic carbocycles. The first kappa shape index (κ1) is 17.6. The minimum absolute atomic E-state index is 0.238. The summed E-state index contributed by atoms with van der Waals surface area (Å²) in [6.45, 7) is 6.50. The number of anilines is 1. The molecule has 0 aromatic heterocycles. The fourth-order valence-electron chi connectivity index (χ4n) is 2.16. The zero-order valence-corrected chi connectivity index (χ0v) is 14.5. The van der Waals surface area contributed by atoms with Gasteiger partial charge in [0, 0.05) is 31.9 Å². The van der Waals surface area contributed by atoms with Crippen LogP contribution in [0.2, 0.25) is 0 Å². The van der Waals surface area contributed by atoms with Crippen LogP contribution in [0.15, 0.2) is 30.3 Å². The van der Waals surface area contributed by atoms with Crippen molar-refractivity contribution in [1.29, 1.82) is 0 Å². The number of hydrogen-bond acceptors (Lipinski definition) is 4. The van der Waals surface area contributed by atoms with Crippen LogP contribution in [0.4, 0.5) is 10.5 Å². The zero-order valence-electron chi connectivity index (χ0n) is 13.7. The average molecular weight is 341 g/mol. The Morgan fingerprint density at radius 1 is 1.09 bits per heavy atom. The van der Waals surface area contributed by atoms with Crippen LogP contribution in [0, 0.1) is 0 Å². The molecule has 128 valence electrons. The van der Waals surface area contributed by atoms with Gasteiger partial charge in [0.1, 0.15) is 5.60 Å². The lowest BCUT2D eigenvalue weighted by molar-refractivity contribution is 0.0193. The summed E-state index contributed by atoms with van der Waals surface area (Å²) in [5.41, 5.74) is -0.0446. The quantitative estimate of drug-likeness (QED) is 0.911. The maximum absolute atomic E-state index is 12.3. The molecular formula is C15H23N3O4S. The molecule has 1 saturated heterocycles. The van der Waals surface area contributed by atoms with Crippen LogP contribution in [-0.2, 0) is 14.9 Å². The van der Waals surface area contributed by atoms with E-state index in [-0.39, 0.29) is 13.1 Å². The second-order valence-electron chi connectivity index (χ2n) is 6.34. The number of amides is 1. The summed E-state index contributed by atoms with van der Waals surface area (Å²) in [5, 5.41) is 0. The van der Waals surface area contributed by atoms with Gasteiger partial charge in [0.2, 0.25) is 0 Å². The van der Waals surface area contributed by atoms with Crippen LogP contribution in [0.25, 0.3) is 0 Å². The zero-order chi connectivity index (χ0) is 17.1. The number of carbonyl (C=O) groups is 1. The summed E-state index contributed by atoms with van der Waals surface area (Å²) >= 11 is 0. The highest BCUT2D eigenvalue weighted by atomic mass is 32.2. The highest BCUT2D eigenvalue weighted by Gasteiger charge is 2.30. The van der Waals surface area contributed by atoms with Gasteiger partial charge in [-0.3, -0.25) is 4.72 Å². The van der Waals surface area contributed by atoms with Crippen molar-refractivity contribution in [2.45, 2.75) is 26.4 Å². The summed E-state index contributed by atoms with van der Waals surface area (Å²) in [6.07, 6.45) is -0.412. The first-order chi connectivity index (χ1) is 10.7. The maximum atomic E-state index is 12.3. The van der Waals surface area contributed by atoms with Crippen LogP contribution in [-0.4, -0.2) is 55.5 Å². The van der Waals surface area contributed by atoms with E-state index in [1.54, 1.807) is 45.0 Å². The standard InChI is InChI=1S/C15H23N3O4S/c1-15(2,3)22-14(19)17-9-11-18(12-10-17)23(20,21)16-13-7-5-4-6-8-13/h4-8,16H,9-12H2,1-3H3. The Hall–Kier alpha value is -1.80. The minimum atomic E-state index is -3.62. The predicted molar refractivity (Wildman–Crippen MR) is 88.4 cm³/mol. The van der Waals surface area contributed by atoms with E-state index in [0.29, 0.717) is 18.8 Å². The first-order valence-corrected chi connectivity index (χ1v) is 8.92. The van der Waals surface area contributed by atoms with Crippen molar-refractivity contribution in [2.24, 2.45) is 0 Å². The molecule has 1 aliphatic rings. The van der Waals surface area contributed by atoms with E-state index in [1.807, 2.05) is 6.07 Å². The third kappa shape index (κ3) is 5.11. The third-order valence-corrected chi connectivity index (χ3v) is 4.79. The molecule has 2 rings (SSSR count). The smallest absolute Gasteiger partial charge is 0.410 e. The van der Waals surface area contributed by atoms with Gasteiger partial charge in [-0.05, 0) is 32.9 Å². The molecule has 0 radical (unpaired) electrons. The maximum Gasteiger partial charge on any atom is 0.410 e. The average Bonchev–Trinajstić information content (AvgIpc) is 2.46. The van der Waals surface area contributed by atoms with Crippen molar-refractivity contribution >= 4 is 22.0 Å². The fraction of sp³-hybridized carbons (Fsp3) is 0.533. The molecule has 1 heterocycles. The molecule has 1 N–H and O–H groups in total. The second kappa shape index (κ2) is 6.76. The molecule has 0 unspecified atom stereocenters. The number of ether oxygens (including phenoxy) is 1. The van der Waals surface area contributed by atoms with Crippen LogP contribution in [0.3, 0.4) is 0 Å². The Bertz CT molecular complexity index is 632. The normalized spacial score (nSPS) is 16.9. The molecule has 0 bridgehead atoms. The van der Waals surface area contributed by atoms with Crippen LogP contribution < -0.4 is 4.72 Å². The molecule has 1 aliphatic heterocycles. The number of benzene rings is 1. The summed E-state index contributed by atoms with van der Waals surface area (Å²) in [7, 11) is -3.62. The van der Waals surface area contributed by atoms with E-state index in [2.05, 4.69) is 4.72 Å². The lowest BCUT2D eigenvalue weighted by atomic mass is 10.2. The van der Waals surface area contributed by atoms with E-state index in [4.69, 9.17) is 4.74 Å². The molecule has 23 heavy (non-hydrogen) atoms. The number of hydrogen-bond donors (Lipinski definition) is 1. The first-order valence-electron chi connectivity index (χ1n) is 7.48. The largest absolute Gasteiger partial charge is 0.444 e. The molecule has 7 nitrogen and oxygen atoms in total. The van der Waals surface area contributed by atoms with Gasteiger partial charge in [-0.25, -0.2) is 4.79 Å². The van der Waals surface area contributed by atoms with Gasteiger partial charge in [0.05, 0.1) is 0 Å². The highest BCUT2D eigenvalue weighted by Crippen LogP contribution is 2.15. The van der Waals surface area contributed by atoms with Crippen molar-refractivity contribution in [3.05, 3.63) is 30.3 Å². The highest BCUT2D eigenvalue weighted by molar-refractivity contribution is 7.90. The lowest BCUT2D eigenvalue weighted by Gasteiger charge is -2.34. The number of nitrogens with zero attached hydrogens (tertiary/aromatic N) is 2. The van der Waals surface area contributed by atoms with Gasteiger partial charge in [-0.15, -0.1) is 0 Å². The lowest BCUT2D eigenvalue weighted by Crippen LogP contribution is -2.52. The number of carbonyl (C=O) groups excluding carboxylic acids is 1. The Kier molecular flexibility index (Phi) is 5.16. The Morgan fingerprint density at radius 2 is 1.65 bits per heavy atom. The topological polar surface area (TPSA) is 79.0 Å². The molecule has 0 atom stereocenters. The van der Waals surface area contributed by atoms with Gasteiger partial charge >= 0.3 is 16.3 Å². The molecule has 1 fully saturated rings. The van der Waals surface area contributed by atoms with Crippen molar-refractivity contribution in [3.8, 4) is 0 Å². The van der Waals surface area contributed by atoms with Gasteiger partial charge < -0.3 is 9.64 Å². The van der Waals surface area contributed by atoms with Crippen LogP contribution in [0.5, 0.6) is 0 Å². The van der Waals surface area contributed by atoms with E-state index >= 15 is 0 Å². The number of nitrogens with one attached hydrogen (secondary N) is 1. The monoisotopic (exact) mass is 341 g/mol. The van der Waals surface area contributed by atoms with Crippen molar-refractivity contribution < 1.29 is 17.9 Å². The van der Waals surface area contributed by atoms with Crippen molar-refractivity contribution in [1.82, 2.24) is 9.21 Å². The Labute approximate surface area is 137 Å². The second-order valence-corrected chi connectivity index (χ2v) is 8.01. The van der Waals surface area contributed by atoms with E-state index in [0.717, 1.165) is 0 Å². The van der Waals surface area contributed by atoms with E-state index in [1.165, 1.54) is 9.21 Å². The molecule has 8 heteroatoms. The summed E-state index contributed by atoms with van der Waals surface area (Å²) in [6, 6.07) is 8.72. The minimum Gasteiger partial charge on any atom is -0.444 e.